The van der Waals surface area contributed by atoms with Crippen LogP contribution < -0.4 is 4.72 Å². The summed E-state index contributed by atoms with van der Waals surface area (Å²) >= 11 is 0. The number of phenolic OH excluding ortho intramolecular Hbond substituents is 1. The van der Waals surface area contributed by atoms with Crippen LogP contribution in [0.3, 0.4) is 0 Å². The Bertz CT molecular complexity index is 396. The molecule has 0 radical (unpaired) electrons. The zero-order valence-electron chi connectivity index (χ0n) is 10.2. The summed E-state index contributed by atoms with van der Waals surface area (Å²) in [6.07, 6.45) is 0. The first-order valence-electron chi connectivity index (χ1n) is 5.25. The third-order valence-corrected chi connectivity index (χ3v) is 3.79. The normalized spacial score (nSPS) is 13.8. The highest BCUT2D eigenvalue weighted by atomic mass is 32.2. The van der Waals surface area contributed by atoms with Gasteiger partial charge in [0.1, 0.15) is 5.75 Å². The highest BCUT2D eigenvalue weighted by Crippen LogP contribution is 2.21. The van der Waals surface area contributed by atoms with Crippen molar-refractivity contribution in [3.63, 3.8) is 0 Å². The second-order valence-electron chi connectivity index (χ2n) is 4.78. The number of hydrogen-bond acceptors (Lipinski definition) is 2. The van der Waals surface area contributed by atoms with Gasteiger partial charge in [-0.05, 0) is 33.3 Å². The Balaban J connectivity index is 2.69. The zero-order valence-corrected chi connectivity index (χ0v) is 11.0. The van der Waals surface area contributed by atoms with Gasteiger partial charge in [-0.3, -0.25) is 0 Å². The van der Waals surface area contributed by atoms with Crippen LogP contribution in [0.2, 0.25) is 0 Å². The molecule has 0 unspecified atom stereocenters. The SMILES string of the molecule is Cc1cccc(CN[S@@](=O)C(C)(C)C)c1O. The van der Waals surface area contributed by atoms with E-state index in [4.69, 9.17) is 0 Å². The smallest absolute Gasteiger partial charge is 0.123 e. The lowest BCUT2D eigenvalue weighted by Gasteiger charge is -2.18. The fraction of sp³-hybridized carbons (Fsp3) is 0.500. The van der Waals surface area contributed by atoms with Crippen LogP contribution in [0.25, 0.3) is 0 Å². The zero-order chi connectivity index (χ0) is 12.3. The van der Waals surface area contributed by atoms with Gasteiger partial charge < -0.3 is 5.11 Å². The van der Waals surface area contributed by atoms with Crippen LogP contribution in [-0.2, 0) is 17.5 Å². The molecular weight excluding hydrogens is 222 g/mol. The molecule has 4 heteroatoms. The Morgan fingerprint density at radius 3 is 2.56 bits per heavy atom. The molecule has 2 N–H and O–H groups in total. The number of aromatic hydroxyl groups is 1. The van der Waals surface area contributed by atoms with Gasteiger partial charge in [0.05, 0.1) is 15.7 Å². The summed E-state index contributed by atoms with van der Waals surface area (Å²) in [5, 5.41) is 9.77. The molecule has 0 aliphatic heterocycles. The summed E-state index contributed by atoms with van der Waals surface area (Å²) in [6, 6.07) is 5.56. The summed E-state index contributed by atoms with van der Waals surface area (Å²) in [5.41, 5.74) is 1.61. The first-order valence-corrected chi connectivity index (χ1v) is 6.40. The highest BCUT2D eigenvalue weighted by molar-refractivity contribution is 7.84. The van der Waals surface area contributed by atoms with Crippen LogP contribution in [0.1, 0.15) is 31.9 Å². The van der Waals surface area contributed by atoms with E-state index in [2.05, 4.69) is 4.72 Å². The van der Waals surface area contributed by atoms with E-state index in [0.29, 0.717) is 6.54 Å². The van der Waals surface area contributed by atoms with Crippen LogP contribution in [0.15, 0.2) is 18.2 Å². The average molecular weight is 241 g/mol. The van der Waals surface area contributed by atoms with Gasteiger partial charge in [-0.25, -0.2) is 8.93 Å². The van der Waals surface area contributed by atoms with E-state index in [1.165, 1.54) is 0 Å². The Hall–Kier alpha value is -0.870. The monoisotopic (exact) mass is 241 g/mol. The van der Waals surface area contributed by atoms with Gasteiger partial charge in [0.2, 0.25) is 0 Å². The Morgan fingerprint density at radius 1 is 1.38 bits per heavy atom. The van der Waals surface area contributed by atoms with Crippen LogP contribution in [0, 0.1) is 6.92 Å². The molecule has 0 fully saturated rings. The molecule has 0 aliphatic carbocycles. The van der Waals surface area contributed by atoms with E-state index < -0.39 is 11.0 Å². The molecule has 0 spiro atoms. The van der Waals surface area contributed by atoms with Crippen molar-refractivity contribution < 1.29 is 9.32 Å². The second-order valence-corrected chi connectivity index (χ2v) is 6.84. The standard InChI is InChI=1S/C12H19NO2S/c1-9-6-5-7-10(11(9)14)8-13-16(15)12(2,3)4/h5-7,13-14H,8H2,1-4H3/t16-/m0/s1. The third kappa shape index (κ3) is 3.32. The van der Waals surface area contributed by atoms with Crippen molar-refractivity contribution in [1.82, 2.24) is 4.72 Å². The maximum Gasteiger partial charge on any atom is 0.123 e. The molecule has 1 aromatic rings. The van der Waals surface area contributed by atoms with Gasteiger partial charge in [0.25, 0.3) is 0 Å². The highest BCUT2D eigenvalue weighted by Gasteiger charge is 2.19. The van der Waals surface area contributed by atoms with Gasteiger partial charge in [-0.15, -0.1) is 0 Å². The van der Waals surface area contributed by atoms with E-state index in [1.807, 2.05) is 45.9 Å². The molecule has 1 atom stereocenters. The molecule has 0 bridgehead atoms. The lowest BCUT2D eigenvalue weighted by molar-refractivity contribution is 0.463. The van der Waals surface area contributed by atoms with E-state index in [9.17, 15) is 9.32 Å². The molecule has 16 heavy (non-hydrogen) atoms. The average Bonchev–Trinajstić information content (AvgIpc) is 2.18. The molecule has 1 aromatic carbocycles. The number of hydrogen-bond donors (Lipinski definition) is 2. The molecule has 3 nitrogen and oxygen atoms in total. The van der Waals surface area contributed by atoms with E-state index in [-0.39, 0.29) is 10.5 Å². The van der Waals surface area contributed by atoms with Crippen LogP contribution in [-0.4, -0.2) is 14.1 Å². The van der Waals surface area contributed by atoms with Crippen molar-refractivity contribution >= 4 is 11.0 Å². The molecule has 0 amide bonds. The van der Waals surface area contributed by atoms with Crippen molar-refractivity contribution in [2.75, 3.05) is 0 Å². The van der Waals surface area contributed by atoms with Gasteiger partial charge in [-0.2, -0.15) is 0 Å². The van der Waals surface area contributed by atoms with Gasteiger partial charge in [0.15, 0.2) is 0 Å². The molecule has 0 aromatic heterocycles. The van der Waals surface area contributed by atoms with Crippen molar-refractivity contribution in [1.29, 1.82) is 0 Å². The summed E-state index contributed by atoms with van der Waals surface area (Å²) in [4.78, 5) is 0. The minimum absolute atomic E-state index is 0.279. The minimum Gasteiger partial charge on any atom is -0.507 e. The van der Waals surface area contributed by atoms with Gasteiger partial charge in [0, 0.05) is 12.1 Å². The predicted molar refractivity (Wildman–Crippen MR) is 67.6 cm³/mol. The van der Waals surface area contributed by atoms with Crippen LogP contribution >= 0.6 is 0 Å². The van der Waals surface area contributed by atoms with E-state index in [1.54, 1.807) is 0 Å². The predicted octanol–water partition coefficient (Wildman–Crippen LogP) is 2.25. The molecule has 0 aliphatic rings. The quantitative estimate of drug-likeness (QED) is 0.852. The van der Waals surface area contributed by atoms with Gasteiger partial charge in [-0.1, -0.05) is 18.2 Å². The number of phenols is 1. The number of nitrogens with one attached hydrogen (secondary N) is 1. The van der Waals surface area contributed by atoms with Crippen molar-refractivity contribution in [2.24, 2.45) is 0 Å². The number of rotatable bonds is 3. The maximum absolute atomic E-state index is 11.8. The maximum atomic E-state index is 11.8. The fourth-order valence-corrected chi connectivity index (χ4v) is 1.94. The summed E-state index contributed by atoms with van der Waals surface area (Å²) in [5.74, 6) is 0.279. The molecule has 1 rings (SSSR count). The van der Waals surface area contributed by atoms with E-state index >= 15 is 0 Å². The first-order chi connectivity index (χ1) is 7.32. The molecule has 0 saturated heterocycles. The lowest BCUT2D eigenvalue weighted by Crippen LogP contribution is -2.32. The van der Waals surface area contributed by atoms with Crippen LogP contribution in [0.5, 0.6) is 5.75 Å². The van der Waals surface area contributed by atoms with Gasteiger partial charge >= 0.3 is 0 Å². The number of aryl methyl sites for hydroxylation is 1. The van der Waals surface area contributed by atoms with Crippen molar-refractivity contribution in [3.8, 4) is 5.75 Å². The molecular formula is C12H19NO2S. The second kappa shape index (κ2) is 4.97. The third-order valence-electron chi connectivity index (χ3n) is 2.27. The van der Waals surface area contributed by atoms with Crippen molar-refractivity contribution in [3.05, 3.63) is 29.3 Å². The lowest BCUT2D eigenvalue weighted by atomic mass is 10.1. The topological polar surface area (TPSA) is 49.3 Å². The number of para-hydroxylation sites is 1. The summed E-state index contributed by atoms with van der Waals surface area (Å²) < 4.78 is 14.4. The van der Waals surface area contributed by atoms with Crippen molar-refractivity contribution in [2.45, 2.75) is 39.0 Å². The molecule has 0 saturated carbocycles. The minimum atomic E-state index is -1.11. The van der Waals surface area contributed by atoms with Crippen LogP contribution in [0.4, 0.5) is 0 Å². The number of benzene rings is 1. The fourth-order valence-electron chi connectivity index (χ4n) is 1.22. The Labute approximate surface area is 99.5 Å². The van der Waals surface area contributed by atoms with E-state index in [0.717, 1.165) is 11.1 Å². The Morgan fingerprint density at radius 2 is 2.00 bits per heavy atom. The summed E-state index contributed by atoms with van der Waals surface area (Å²) in [7, 11) is -1.11. The Kier molecular flexibility index (Phi) is 4.10. The molecule has 90 valence electrons. The summed E-state index contributed by atoms with van der Waals surface area (Å²) in [6.45, 7) is 7.99. The largest absolute Gasteiger partial charge is 0.507 e. The molecule has 0 heterocycles. The first kappa shape index (κ1) is 13.2.